The summed E-state index contributed by atoms with van der Waals surface area (Å²) in [6.07, 6.45) is 1.77. The Labute approximate surface area is 181 Å². The van der Waals surface area contributed by atoms with Gasteiger partial charge >= 0.3 is 0 Å². The molecule has 0 radical (unpaired) electrons. The molecule has 0 aliphatic carbocycles. The molecule has 0 atom stereocenters. The Hall–Kier alpha value is -4.20. The second-order valence-corrected chi connectivity index (χ2v) is 7.67. The van der Waals surface area contributed by atoms with Crippen LogP contribution in [0.2, 0.25) is 0 Å². The topological polar surface area (TPSA) is 87.3 Å². The highest BCUT2D eigenvalue weighted by atomic mass is 16.8. The molecule has 3 aromatic heterocycles. The zero-order valence-electron chi connectivity index (χ0n) is 16.8. The number of pyridine rings is 2. The average molecular weight is 423 g/mol. The quantitative estimate of drug-likeness (QED) is 0.314. The largest absolute Gasteiger partial charge is 0.489 e. The minimum absolute atomic E-state index is 0.0586. The van der Waals surface area contributed by atoms with Gasteiger partial charge in [-0.3, -0.25) is 24.6 Å². The predicted molar refractivity (Wildman–Crippen MR) is 122 cm³/mol. The first-order valence-electron chi connectivity index (χ1n) is 10.1. The Balaban J connectivity index is 1.47. The van der Waals surface area contributed by atoms with Gasteiger partial charge in [0.1, 0.15) is 12.4 Å². The standard InChI is InChI=1S/C25H17N3O4/c29-25-20-4-2-1-3-18(20)23-24-19(11-12-26-23)21-13-17(9-10-22(21)27(24)25)32-14-15-5-7-16(8-6-15)28(30)31/h1-13,30-31H,14H2. The van der Waals surface area contributed by atoms with E-state index in [9.17, 15) is 4.79 Å². The van der Waals surface area contributed by atoms with Crippen molar-refractivity contribution >= 4 is 43.8 Å². The highest BCUT2D eigenvalue weighted by Gasteiger charge is 2.18. The van der Waals surface area contributed by atoms with Gasteiger partial charge < -0.3 is 4.74 Å². The molecule has 32 heavy (non-hydrogen) atoms. The molecule has 0 spiro atoms. The minimum atomic E-state index is -0.0586. The summed E-state index contributed by atoms with van der Waals surface area (Å²) in [6.45, 7) is 0.318. The monoisotopic (exact) mass is 423 g/mol. The fourth-order valence-electron chi connectivity index (χ4n) is 4.33. The van der Waals surface area contributed by atoms with Crippen LogP contribution in [-0.4, -0.2) is 19.8 Å². The van der Waals surface area contributed by atoms with Crippen LogP contribution in [0.1, 0.15) is 5.56 Å². The van der Waals surface area contributed by atoms with Crippen molar-refractivity contribution in [3.8, 4) is 5.75 Å². The summed E-state index contributed by atoms with van der Waals surface area (Å²) in [5.41, 5.74) is 3.53. The van der Waals surface area contributed by atoms with E-state index in [-0.39, 0.29) is 16.5 Å². The number of rotatable bonds is 4. The maximum atomic E-state index is 13.3. The van der Waals surface area contributed by atoms with Crippen molar-refractivity contribution in [2.75, 3.05) is 5.23 Å². The van der Waals surface area contributed by atoms with E-state index in [1.807, 2.05) is 48.5 Å². The normalized spacial score (nSPS) is 11.7. The molecule has 6 rings (SSSR count). The molecule has 156 valence electrons. The lowest BCUT2D eigenvalue weighted by molar-refractivity contribution is 0.0291. The lowest BCUT2D eigenvalue weighted by Crippen LogP contribution is -2.13. The number of anilines is 1. The summed E-state index contributed by atoms with van der Waals surface area (Å²) in [6, 6.07) is 21.9. The third kappa shape index (κ3) is 2.69. The highest BCUT2D eigenvalue weighted by Crippen LogP contribution is 2.34. The molecule has 0 unspecified atom stereocenters. The summed E-state index contributed by atoms with van der Waals surface area (Å²) >= 11 is 0. The zero-order valence-corrected chi connectivity index (χ0v) is 16.8. The van der Waals surface area contributed by atoms with Crippen molar-refractivity contribution in [2.24, 2.45) is 0 Å². The number of nitrogens with zero attached hydrogens (tertiary/aromatic N) is 3. The molecule has 0 saturated heterocycles. The Morgan fingerprint density at radius 1 is 0.875 bits per heavy atom. The van der Waals surface area contributed by atoms with Gasteiger partial charge in [-0.15, -0.1) is 5.23 Å². The molecule has 0 amide bonds. The van der Waals surface area contributed by atoms with E-state index in [0.29, 0.717) is 17.7 Å². The molecule has 0 saturated carbocycles. The number of benzene rings is 3. The molecule has 2 N–H and O–H groups in total. The first-order valence-corrected chi connectivity index (χ1v) is 10.1. The molecule has 0 fully saturated rings. The number of hydrogen-bond donors (Lipinski definition) is 2. The molecule has 0 bridgehead atoms. The first-order chi connectivity index (χ1) is 15.6. The second-order valence-electron chi connectivity index (χ2n) is 7.67. The highest BCUT2D eigenvalue weighted by molar-refractivity contribution is 6.18. The third-order valence-corrected chi connectivity index (χ3v) is 5.84. The lowest BCUT2D eigenvalue weighted by Gasteiger charge is -2.10. The van der Waals surface area contributed by atoms with Gasteiger partial charge in [0.25, 0.3) is 5.56 Å². The van der Waals surface area contributed by atoms with E-state index in [1.54, 1.807) is 34.9 Å². The molecule has 0 aliphatic rings. The average Bonchev–Trinajstić information content (AvgIpc) is 3.16. The van der Waals surface area contributed by atoms with Crippen LogP contribution >= 0.6 is 0 Å². The molecule has 7 heteroatoms. The second kappa shape index (κ2) is 6.91. The van der Waals surface area contributed by atoms with Gasteiger partial charge in [0.05, 0.1) is 22.2 Å². The number of aromatic nitrogens is 2. The molecule has 7 nitrogen and oxygen atoms in total. The summed E-state index contributed by atoms with van der Waals surface area (Å²) < 4.78 is 7.72. The van der Waals surface area contributed by atoms with E-state index < -0.39 is 0 Å². The van der Waals surface area contributed by atoms with E-state index in [2.05, 4.69) is 4.98 Å². The van der Waals surface area contributed by atoms with Crippen LogP contribution in [0.3, 0.4) is 0 Å². The van der Waals surface area contributed by atoms with E-state index in [0.717, 1.165) is 38.3 Å². The van der Waals surface area contributed by atoms with Crippen LogP contribution in [-0.2, 0) is 6.61 Å². The van der Waals surface area contributed by atoms with Gasteiger partial charge in [-0.05, 0) is 48.0 Å². The molecule has 6 aromatic rings. The fourth-order valence-corrected chi connectivity index (χ4v) is 4.33. The zero-order chi connectivity index (χ0) is 21.8. The van der Waals surface area contributed by atoms with Crippen LogP contribution in [0.4, 0.5) is 5.69 Å². The van der Waals surface area contributed by atoms with E-state index in [4.69, 9.17) is 15.2 Å². The maximum Gasteiger partial charge on any atom is 0.263 e. The van der Waals surface area contributed by atoms with Crippen LogP contribution < -0.4 is 15.5 Å². The maximum absolute atomic E-state index is 13.3. The number of hydrogen-bond acceptors (Lipinski definition) is 6. The van der Waals surface area contributed by atoms with Crippen molar-refractivity contribution in [1.29, 1.82) is 0 Å². The first kappa shape index (κ1) is 18.6. The van der Waals surface area contributed by atoms with Gasteiger partial charge in [0.2, 0.25) is 0 Å². The van der Waals surface area contributed by atoms with Gasteiger partial charge in [-0.1, -0.05) is 30.3 Å². The van der Waals surface area contributed by atoms with Crippen molar-refractivity contribution in [2.45, 2.75) is 6.61 Å². The van der Waals surface area contributed by atoms with Crippen LogP contribution in [0.5, 0.6) is 5.75 Å². The Morgan fingerprint density at radius 3 is 2.44 bits per heavy atom. The summed E-state index contributed by atoms with van der Waals surface area (Å²) in [5, 5.41) is 21.6. The SMILES string of the molecule is O=c1c2ccccc2c2nccc3c4cc(OCc5ccc(N(O)O)cc5)ccc4n1c32. The fraction of sp³-hybridized carbons (Fsp3) is 0.0400. The molecular weight excluding hydrogens is 406 g/mol. The van der Waals surface area contributed by atoms with Crippen molar-refractivity contribution in [3.05, 3.63) is 94.9 Å². The smallest absolute Gasteiger partial charge is 0.263 e. The van der Waals surface area contributed by atoms with Gasteiger partial charge in [0.15, 0.2) is 0 Å². The lowest BCUT2D eigenvalue weighted by atomic mass is 10.1. The number of ether oxygens (including phenoxy) is 1. The number of fused-ring (bicyclic) bond motifs is 5. The minimum Gasteiger partial charge on any atom is -0.489 e. The molecule has 3 heterocycles. The summed E-state index contributed by atoms with van der Waals surface area (Å²) in [7, 11) is 0. The summed E-state index contributed by atoms with van der Waals surface area (Å²) in [4.78, 5) is 17.9. The predicted octanol–water partition coefficient (Wildman–Crippen LogP) is 4.76. The van der Waals surface area contributed by atoms with Crippen LogP contribution in [0, 0.1) is 0 Å². The van der Waals surface area contributed by atoms with Crippen LogP contribution in [0.25, 0.3) is 38.1 Å². The Morgan fingerprint density at radius 2 is 1.66 bits per heavy atom. The van der Waals surface area contributed by atoms with Crippen molar-refractivity contribution in [3.63, 3.8) is 0 Å². The third-order valence-electron chi connectivity index (χ3n) is 5.84. The molecule has 3 aromatic carbocycles. The van der Waals surface area contributed by atoms with Crippen LogP contribution in [0.15, 0.2) is 83.8 Å². The van der Waals surface area contributed by atoms with E-state index in [1.165, 1.54) is 0 Å². The Kier molecular flexibility index (Phi) is 4.01. The van der Waals surface area contributed by atoms with E-state index >= 15 is 0 Å². The van der Waals surface area contributed by atoms with Crippen molar-refractivity contribution < 1.29 is 15.2 Å². The van der Waals surface area contributed by atoms with Gasteiger partial charge in [-0.2, -0.15) is 0 Å². The molecule has 0 aliphatic heterocycles. The van der Waals surface area contributed by atoms with Gasteiger partial charge in [-0.25, -0.2) is 0 Å². The van der Waals surface area contributed by atoms with Gasteiger partial charge in [0, 0.05) is 27.7 Å². The Bertz CT molecular complexity index is 1670. The molecular formula is C25H17N3O4. The van der Waals surface area contributed by atoms with Crippen molar-refractivity contribution in [1.82, 2.24) is 9.38 Å². The summed E-state index contributed by atoms with van der Waals surface area (Å²) in [5.74, 6) is 0.675.